The van der Waals surface area contributed by atoms with Crippen LogP contribution in [-0.2, 0) is 4.65 Å². The molecule has 0 spiro atoms. The van der Waals surface area contributed by atoms with Gasteiger partial charge in [-0.1, -0.05) is 25.9 Å². The van der Waals surface area contributed by atoms with E-state index in [2.05, 4.69) is 13.8 Å². The topological polar surface area (TPSA) is 51.5 Å². The first-order valence-corrected chi connectivity index (χ1v) is 5.78. The fourth-order valence-electron chi connectivity index (χ4n) is 1.84. The average Bonchev–Trinajstić information content (AvgIpc) is 2.30. The van der Waals surface area contributed by atoms with Gasteiger partial charge in [0.15, 0.2) is 0 Å². The molecule has 0 saturated heterocycles. The maximum atomic E-state index is 11.9. The third-order valence-corrected chi connectivity index (χ3v) is 2.93. The van der Waals surface area contributed by atoms with Crippen molar-refractivity contribution < 1.29 is 9.68 Å². The Bertz CT molecular complexity index is 481. The number of aromatic nitrogens is 1. The normalized spacial score (nSPS) is 20.0. The fourth-order valence-corrected chi connectivity index (χ4v) is 1.84. The van der Waals surface area contributed by atoms with Gasteiger partial charge in [0, 0.05) is 12.3 Å². The van der Waals surface area contributed by atoms with E-state index in [1.165, 1.54) is 0 Å². The Hall–Kier alpha value is -1.33. The van der Waals surface area contributed by atoms with Crippen LogP contribution in [0.3, 0.4) is 0 Å². The quantitative estimate of drug-likeness (QED) is 0.778. The van der Waals surface area contributed by atoms with Crippen molar-refractivity contribution in [2.24, 2.45) is 0 Å². The number of hydrogen-bond acceptors (Lipinski definition) is 3. The lowest BCUT2D eigenvalue weighted by Gasteiger charge is -2.21. The second-order valence-electron chi connectivity index (χ2n) is 4.54. The smallest absolute Gasteiger partial charge is 0.423 e. The van der Waals surface area contributed by atoms with Gasteiger partial charge in [0.2, 0.25) is 0 Å². The number of pyridine rings is 1. The molecule has 0 amide bonds. The first kappa shape index (κ1) is 12.1. The van der Waals surface area contributed by atoms with E-state index >= 15 is 0 Å². The van der Waals surface area contributed by atoms with E-state index in [9.17, 15) is 4.79 Å². The highest BCUT2D eigenvalue weighted by molar-refractivity contribution is 6.49. The monoisotopic (exact) mass is 233 g/mol. The minimum absolute atomic E-state index is 0.0363. The summed E-state index contributed by atoms with van der Waals surface area (Å²) in [5.41, 5.74) is 0.998. The van der Waals surface area contributed by atoms with Crippen molar-refractivity contribution in [2.75, 3.05) is 6.61 Å². The first-order chi connectivity index (χ1) is 8.08. The maximum absolute atomic E-state index is 11.9. The van der Waals surface area contributed by atoms with E-state index in [1.54, 1.807) is 28.9 Å². The predicted octanol–water partition coefficient (Wildman–Crippen LogP) is 1.12. The molecule has 1 atom stereocenters. The van der Waals surface area contributed by atoms with E-state index in [1.807, 2.05) is 6.07 Å². The summed E-state index contributed by atoms with van der Waals surface area (Å²) in [6.45, 7) is 4.43. The minimum atomic E-state index is -0.850. The van der Waals surface area contributed by atoms with Crippen LogP contribution in [0.15, 0.2) is 35.2 Å². The molecule has 5 heteroatoms. The summed E-state index contributed by atoms with van der Waals surface area (Å²) >= 11 is 0. The molecule has 1 aliphatic rings. The van der Waals surface area contributed by atoms with E-state index < -0.39 is 7.12 Å². The summed E-state index contributed by atoms with van der Waals surface area (Å²) in [4.78, 5) is 11.9. The first-order valence-electron chi connectivity index (χ1n) is 5.78. The van der Waals surface area contributed by atoms with Crippen LogP contribution in [0.2, 0.25) is 0 Å². The van der Waals surface area contributed by atoms with Gasteiger partial charge < -0.3 is 14.2 Å². The zero-order valence-electron chi connectivity index (χ0n) is 10.0. The Kier molecular flexibility index (Phi) is 3.50. The van der Waals surface area contributed by atoms with Crippen LogP contribution in [-0.4, -0.2) is 23.3 Å². The molecule has 0 fully saturated rings. The molecule has 0 saturated carbocycles. The average molecular weight is 233 g/mol. The standard InChI is InChI=1S/C12H16BNO3/c1-9(2)10-4-6-14(12(15)7-10)11-3-5-13(16)17-8-11/h3-7,9,11,16H,8H2,1-2H3. The van der Waals surface area contributed by atoms with E-state index in [0.29, 0.717) is 12.5 Å². The van der Waals surface area contributed by atoms with Crippen LogP contribution >= 0.6 is 0 Å². The zero-order chi connectivity index (χ0) is 12.4. The molecule has 1 N–H and O–H groups in total. The highest BCUT2D eigenvalue weighted by Gasteiger charge is 2.20. The van der Waals surface area contributed by atoms with Crippen molar-refractivity contribution >= 4 is 7.12 Å². The second-order valence-corrected chi connectivity index (χ2v) is 4.54. The lowest BCUT2D eigenvalue weighted by Crippen LogP contribution is -2.31. The van der Waals surface area contributed by atoms with Crippen LogP contribution < -0.4 is 5.56 Å². The van der Waals surface area contributed by atoms with Crippen LogP contribution in [0.1, 0.15) is 31.4 Å². The van der Waals surface area contributed by atoms with Gasteiger partial charge in [0.1, 0.15) is 0 Å². The highest BCUT2D eigenvalue weighted by atomic mass is 16.5. The second kappa shape index (κ2) is 4.90. The van der Waals surface area contributed by atoms with Gasteiger partial charge in [-0.3, -0.25) is 4.79 Å². The lowest BCUT2D eigenvalue weighted by atomic mass is 9.87. The molecule has 0 radical (unpaired) electrons. The largest absolute Gasteiger partial charge is 0.483 e. The Balaban J connectivity index is 2.28. The number of rotatable bonds is 2. The molecule has 2 rings (SSSR count). The maximum Gasteiger partial charge on any atom is 0.483 e. The minimum Gasteiger partial charge on any atom is -0.423 e. The lowest BCUT2D eigenvalue weighted by molar-refractivity contribution is 0.228. The molecule has 4 nitrogen and oxygen atoms in total. The van der Waals surface area contributed by atoms with Gasteiger partial charge in [-0.25, -0.2) is 0 Å². The molecule has 17 heavy (non-hydrogen) atoms. The Morgan fingerprint density at radius 1 is 1.59 bits per heavy atom. The zero-order valence-corrected chi connectivity index (χ0v) is 10.0. The van der Waals surface area contributed by atoms with E-state index in [-0.39, 0.29) is 11.6 Å². The van der Waals surface area contributed by atoms with Crippen LogP contribution in [0.4, 0.5) is 0 Å². The van der Waals surface area contributed by atoms with Gasteiger partial charge in [0.25, 0.3) is 5.56 Å². The van der Waals surface area contributed by atoms with Crippen molar-refractivity contribution in [1.29, 1.82) is 0 Å². The molecule has 0 bridgehead atoms. The van der Waals surface area contributed by atoms with Crippen molar-refractivity contribution in [3.8, 4) is 0 Å². The molecule has 1 aromatic rings. The molecular weight excluding hydrogens is 217 g/mol. The van der Waals surface area contributed by atoms with Crippen molar-refractivity contribution in [1.82, 2.24) is 4.57 Å². The fraction of sp³-hybridized carbons (Fsp3) is 0.417. The van der Waals surface area contributed by atoms with Crippen LogP contribution in [0.5, 0.6) is 0 Å². The van der Waals surface area contributed by atoms with Crippen molar-refractivity contribution in [3.05, 3.63) is 46.3 Å². The molecule has 1 aromatic heterocycles. The van der Waals surface area contributed by atoms with Gasteiger partial charge in [0.05, 0.1) is 12.6 Å². The van der Waals surface area contributed by atoms with E-state index in [0.717, 1.165) is 5.56 Å². The molecule has 1 aliphatic heterocycles. The Labute approximate surface area is 101 Å². The predicted molar refractivity (Wildman–Crippen MR) is 66.9 cm³/mol. The molecule has 0 aliphatic carbocycles. The van der Waals surface area contributed by atoms with Gasteiger partial charge in [-0.05, 0) is 17.5 Å². The van der Waals surface area contributed by atoms with Crippen LogP contribution in [0.25, 0.3) is 0 Å². The van der Waals surface area contributed by atoms with Gasteiger partial charge in [-0.15, -0.1) is 0 Å². The third kappa shape index (κ3) is 2.68. The molecule has 90 valence electrons. The van der Waals surface area contributed by atoms with Crippen molar-refractivity contribution in [2.45, 2.75) is 25.8 Å². The number of nitrogens with zero attached hydrogens (tertiary/aromatic N) is 1. The Morgan fingerprint density at radius 2 is 2.35 bits per heavy atom. The number of hydrogen-bond donors (Lipinski definition) is 1. The van der Waals surface area contributed by atoms with Gasteiger partial charge >= 0.3 is 7.12 Å². The molecule has 1 unspecified atom stereocenters. The summed E-state index contributed by atoms with van der Waals surface area (Å²) in [7, 11) is -0.850. The molecular formula is C12H16BNO3. The summed E-state index contributed by atoms with van der Waals surface area (Å²) in [5.74, 6) is 1.90. The highest BCUT2D eigenvalue weighted by Crippen LogP contribution is 2.15. The molecule has 2 heterocycles. The summed E-state index contributed by atoms with van der Waals surface area (Å²) < 4.78 is 6.71. The van der Waals surface area contributed by atoms with E-state index in [4.69, 9.17) is 9.68 Å². The SMILES string of the molecule is CC(C)c1ccn(C2C=CB(O)OC2)c(=O)c1. The van der Waals surface area contributed by atoms with Crippen LogP contribution in [0, 0.1) is 0 Å². The summed E-state index contributed by atoms with van der Waals surface area (Å²) in [6, 6.07) is 3.47. The van der Waals surface area contributed by atoms with Crippen molar-refractivity contribution in [3.63, 3.8) is 0 Å². The summed E-state index contributed by atoms with van der Waals surface area (Å²) in [5, 5.41) is 9.16. The third-order valence-electron chi connectivity index (χ3n) is 2.93. The summed E-state index contributed by atoms with van der Waals surface area (Å²) in [6.07, 6.45) is 3.58. The molecule has 0 aromatic carbocycles. The Morgan fingerprint density at radius 3 is 2.88 bits per heavy atom. The van der Waals surface area contributed by atoms with Gasteiger partial charge in [-0.2, -0.15) is 0 Å².